The van der Waals surface area contributed by atoms with E-state index in [4.69, 9.17) is 4.42 Å². The van der Waals surface area contributed by atoms with Crippen LogP contribution in [0.4, 0.5) is 0 Å². The minimum atomic E-state index is 0.692. The van der Waals surface area contributed by atoms with Crippen LogP contribution in [0.2, 0.25) is 0 Å². The predicted octanol–water partition coefficient (Wildman–Crippen LogP) is 3.37. The van der Waals surface area contributed by atoms with Crippen LogP contribution in [0.5, 0.6) is 0 Å². The lowest BCUT2D eigenvalue weighted by molar-refractivity contribution is 0.507. The van der Waals surface area contributed by atoms with E-state index in [9.17, 15) is 0 Å². The molecule has 5 heteroatoms. The molecule has 0 bridgehead atoms. The molecule has 2 aromatic heterocycles. The van der Waals surface area contributed by atoms with Gasteiger partial charge in [0.2, 0.25) is 0 Å². The van der Waals surface area contributed by atoms with Gasteiger partial charge in [-0.1, -0.05) is 13.0 Å². The number of aryl methyl sites for hydroxylation is 1. The van der Waals surface area contributed by atoms with E-state index < -0.39 is 0 Å². The van der Waals surface area contributed by atoms with Crippen LogP contribution in [-0.4, -0.2) is 19.0 Å². The third kappa shape index (κ3) is 5.41. The molecule has 2 N–H and O–H groups in total. The lowest BCUT2D eigenvalue weighted by Crippen LogP contribution is -2.38. The minimum Gasteiger partial charge on any atom is -0.469 e. The van der Waals surface area contributed by atoms with Crippen molar-refractivity contribution in [1.29, 1.82) is 0 Å². The first-order valence-corrected chi connectivity index (χ1v) is 8.36. The Balaban J connectivity index is 1.86. The molecular formula is C17H23N3OS. The van der Waals surface area contributed by atoms with Crippen molar-refractivity contribution in [3.63, 3.8) is 0 Å². The second kappa shape index (κ2) is 9.10. The molecule has 0 aliphatic rings. The Hall–Kier alpha value is -2.01. The summed E-state index contributed by atoms with van der Waals surface area (Å²) in [6.45, 7) is 8.06. The van der Waals surface area contributed by atoms with E-state index >= 15 is 0 Å². The van der Waals surface area contributed by atoms with Gasteiger partial charge in [0.25, 0.3) is 0 Å². The number of rotatable bonds is 8. The molecule has 0 amide bonds. The lowest BCUT2D eigenvalue weighted by atomic mass is 10.3. The highest BCUT2D eigenvalue weighted by Gasteiger charge is 2.01. The molecule has 0 aliphatic carbocycles. The molecule has 0 spiro atoms. The van der Waals surface area contributed by atoms with E-state index in [0.717, 1.165) is 31.1 Å². The number of furan rings is 1. The number of thiophene rings is 1. The summed E-state index contributed by atoms with van der Waals surface area (Å²) < 4.78 is 5.33. The van der Waals surface area contributed by atoms with Gasteiger partial charge in [0.05, 0.1) is 12.8 Å². The Morgan fingerprint density at radius 2 is 2.18 bits per heavy atom. The minimum absolute atomic E-state index is 0.692. The zero-order valence-corrected chi connectivity index (χ0v) is 13.8. The van der Waals surface area contributed by atoms with Gasteiger partial charge in [0.1, 0.15) is 5.76 Å². The molecule has 0 radical (unpaired) electrons. The molecule has 2 heterocycles. The van der Waals surface area contributed by atoms with E-state index in [2.05, 4.69) is 41.3 Å². The first-order chi connectivity index (χ1) is 10.8. The van der Waals surface area contributed by atoms with E-state index in [-0.39, 0.29) is 0 Å². The van der Waals surface area contributed by atoms with Crippen molar-refractivity contribution in [2.24, 2.45) is 4.99 Å². The van der Waals surface area contributed by atoms with Gasteiger partial charge in [-0.3, -0.25) is 0 Å². The quantitative estimate of drug-likeness (QED) is 0.446. The molecule has 0 fully saturated rings. The molecule has 4 nitrogen and oxygen atoms in total. The van der Waals surface area contributed by atoms with Gasteiger partial charge in [-0.15, -0.1) is 17.9 Å². The van der Waals surface area contributed by atoms with Crippen LogP contribution in [0.15, 0.2) is 52.6 Å². The Bertz CT molecular complexity index is 587. The number of aliphatic imine (C=N–C) groups is 1. The highest BCUT2D eigenvalue weighted by atomic mass is 32.1. The Morgan fingerprint density at radius 1 is 1.32 bits per heavy atom. The van der Waals surface area contributed by atoms with Crippen molar-refractivity contribution < 1.29 is 4.42 Å². The summed E-state index contributed by atoms with van der Waals surface area (Å²) in [6.07, 6.45) is 5.44. The van der Waals surface area contributed by atoms with Crippen LogP contribution in [0.1, 0.15) is 22.4 Å². The smallest absolute Gasteiger partial charge is 0.191 e. The first kappa shape index (κ1) is 16.4. The molecule has 0 unspecified atom stereocenters. The fourth-order valence-corrected chi connectivity index (χ4v) is 2.84. The summed E-state index contributed by atoms with van der Waals surface area (Å²) in [5.74, 6) is 1.78. The van der Waals surface area contributed by atoms with Crippen LogP contribution in [0.3, 0.4) is 0 Å². The molecule has 2 aromatic rings. The first-order valence-electron chi connectivity index (χ1n) is 7.55. The normalized spacial score (nSPS) is 11.4. The fourth-order valence-electron chi connectivity index (χ4n) is 1.96. The van der Waals surface area contributed by atoms with Gasteiger partial charge in [0, 0.05) is 29.3 Å². The van der Waals surface area contributed by atoms with Crippen molar-refractivity contribution in [2.75, 3.05) is 13.1 Å². The Labute approximate surface area is 136 Å². The second-order valence-corrected chi connectivity index (χ2v) is 6.07. The lowest BCUT2D eigenvalue weighted by Gasteiger charge is -2.10. The van der Waals surface area contributed by atoms with E-state index in [1.165, 1.54) is 9.75 Å². The molecule has 22 heavy (non-hydrogen) atoms. The van der Waals surface area contributed by atoms with Gasteiger partial charge in [0.15, 0.2) is 5.96 Å². The fraction of sp³-hybridized carbons (Fsp3) is 0.353. The third-order valence-corrected chi connectivity index (χ3v) is 4.33. The maximum absolute atomic E-state index is 5.33. The van der Waals surface area contributed by atoms with E-state index in [1.54, 1.807) is 6.26 Å². The molecule has 0 aliphatic heterocycles. The summed E-state index contributed by atoms with van der Waals surface area (Å²) in [5.41, 5.74) is 0. The van der Waals surface area contributed by atoms with E-state index in [0.29, 0.717) is 13.1 Å². The summed E-state index contributed by atoms with van der Waals surface area (Å²) >= 11 is 1.82. The summed E-state index contributed by atoms with van der Waals surface area (Å²) in [7, 11) is 0. The van der Waals surface area contributed by atoms with Crippen molar-refractivity contribution in [1.82, 2.24) is 10.6 Å². The zero-order chi connectivity index (χ0) is 15.6. The van der Waals surface area contributed by atoms with Gasteiger partial charge < -0.3 is 15.1 Å². The largest absolute Gasteiger partial charge is 0.469 e. The molecule has 118 valence electrons. The van der Waals surface area contributed by atoms with Gasteiger partial charge in [-0.25, -0.2) is 4.99 Å². The maximum Gasteiger partial charge on any atom is 0.191 e. The maximum atomic E-state index is 5.33. The summed E-state index contributed by atoms with van der Waals surface area (Å²) in [6, 6.07) is 8.22. The van der Waals surface area contributed by atoms with Crippen molar-refractivity contribution in [2.45, 2.75) is 26.3 Å². The Kier molecular flexibility index (Phi) is 6.77. The van der Waals surface area contributed by atoms with Crippen LogP contribution in [0.25, 0.3) is 0 Å². The molecule has 0 aromatic carbocycles. The van der Waals surface area contributed by atoms with Crippen molar-refractivity contribution in [3.8, 4) is 0 Å². The third-order valence-electron chi connectivity index (χ3n) is 3.12. The average Bonchev–Trinajstić information content (AvgIpc) is 3.20. The molecule has 0 saturated carbocycles. The number of hydrogen-bond acceptors (Lipinski definition) is 3. The monoisotopic (exact) mass is 317 g/mol. The SMILES string of the molecule is C=CCNC(=NCc1ccc(CC)s1)NCCc1ccco1. The number of nitrogens with zero attached hydrogens (tertiary/aromatic N) is 1. The van der Waals surface area contributed by atoms with Crippen molar-refractivity contribution in [3.05, 3.63) is 58.7 Å². The van der Waals surface area contributed by atoms with Crippen LogP contribution >= 0.6 is 11.3 Å². The molecular weight excluding hydrogens is 294 g/mol. The van der Waals surface area contributed by atoms with Crippen molar-refractivity contribution >= 4 is 17.3 Å². The number of nitrogens with one attached hydrogen (secondary N) is 2. The van der Waals surface area contributed by atoms with Gasteiger partial charge >= 0.3 is 0 Å². The van der Waals surface area contributed by atoms with Gasteiger partial charge in [-0.05, 0) is 30.7 Å². The summed E-state index contributed by atoms with van der Waals surface area (Å²) in [4.78, 5) is 7.30. The highest BCUT2D eigenvalue weighted by molar-refractivity contribution is 7.11. The topological polar surface area (TPSA) is 49.6 Å². The highest BCUT2D eigenvalue weighted by Crippen LogP contribution is 2.17. The number of hydrogen-bond donors (Lipinski definition) is 2. The predicted molar refractivity (Wildman–Crippen MR) is 93.5 cm³/mol. The van der Waals surface area contributed by atoms with Gasteiger partial charge in [-0.2, -0.15) is 0 Å². The molecule has 2 rings (SSSR count). The average molecular weight is 317 g/mol. The van der Waals surface area contributed by atoms with E-state index in [1.807, 2.05) is 29.5 Å². The Morgan fingerprint density at radius 3 is 2.86 bits per heavy atom. The van der Waals surface area contributed by atoms with Crippen LogP contribution in [-0.2, 0) is 19.4 Å². The second-order valence-electron chi connectivity index (χ2n) is 4.81. The van der Waals surface area contributed by atoms with Crippen LogP contribution < -0.4 is 10.6 Å². The zero-order valence-electron chi connectivity index (χ0n) is 13.0. The molecule has 0 atom stereocenters. The molecule has 0 saturated heterocycles. The number of guanidine groups is 1. The standard InChI is InChI=1S/C17H23N3OS/c1-3-10-18-17(19-11-9-14-6-5-12-21-14)20-13-16-8-7-15(4-2)22-16/h3,5-8,12H,1,4,9-11,13H2,2H3,(H2,18,19,20). The van der Waals surface area contributed by atoms with Crippen LogP contribution in [0, 0.1) is 0 Å². The summed E-state index contributed by atoms with van der Waals surface area (Å²) in [5, 5.41) is 6.56.